The van der Waals surface area contributed by atoms with Crippen molar-refractivity contribution in [1.82, 2.24) is 4.98 Å². The lowest BCUT2D eigenvalue weighted by atomic mass is 9.97. The molecular formula is C22H23NO. The molecule has 0 amide bonds. The number of nitrogens with zero attached hydrogens (tertiary/aromatic N) is 1. The van der Waals surface area contributed by atoms with Crippen LogP contribution in [0.3, 0.4) is 0 Å². The van der Waals surface area contributed by atoms with E-state index in [1.165, 1.54) is 5.56 Å². The Morgan fingerprint density at radius 1 is 0.958 bits per heavy atom. The van der Waals surface area contributed by atoms with Crippen molar-refractivity contribution < 1.29 is 4.74 Å². The molecule has 3 rings (SSSR count). The number of para-hydroxylation sites is 1. The van der Waals surface area contributed by atoms with E-state index in [2.05, 4.69) is 54.0 Å². The molecule has 1 atom stereocenters. The quantitative estimate of drug-likeness (QED) is 0.516. The van der Waals surface area contributed by atoms with Gasteiger partial charge in [0.1, 0.15) is 5.75 Å². The first-order valence-corrected chi connectivity index (χ1v) is 8.50. The van der Waals surface area contributed by atoms with Crippen LogP contribution in [-0.4, -0.2) is 11.6 Å². The minimum Gasteiger partial charge on any atom is -0.493 e. The van der Waals surface area contributed by atoms with E-state index < -0.39 is 0 Å². The number of aryl methyl sites for hydroxylation is 1. The van der Waals surface area contributed by atoms with E-state index in [0.717, 1.165) is 35.9 Å². The molecular weight excluding hydrogens is 294 g/mol. The molecule has 0 aliphatic heterocycles. The summed E-state index contributed by atoms with van der Waals surface area (Å²) in [6.45, 7) is 4.68. The van der Waals surface area contributed by atoms with E-state index in [1.807, 2.05) is 24.3 Å². The van der Waals surface area contributed by atoms with Crippen LogP contribution in [0.4, 0.5) is 0 Å². The molecule has 0 aliphatic rings. The van der Waals surface area contributed by atoms with Crippen molar-refractivity contribution in [2.75, 3.05) is 6.61 Å². The lowest BCUT2D eigenvalue weighted by Gasteiger charge is -2.14. The summed E-state index contributed by atoms with van der Waals surface area (Å²) in [5.74, 6) is 1.38. The van der Waals surface area contributed by atoms with Crippen LogP contribution in [-0.2, 0) is 6.42 Å². The molecule has 0 spiro atoms. The van der Waals surface area contributed by atoms with E-state index in [1.54, 1.807) is 6.20 Å². The molecule has 0 aliphatic carbocycles. The number of aromatic nitrogens is 1. The largest absolute Gasteiger partial charge is 0.493 e. The number of allylic oxidation sites excluding steroid dienone is 1. The predicted molar refractivity (Wildman–Crippen MR) is 100 cm³/mol. The number of hydrogen-bond donors (Lipinski definition) is 0. The number of fused-ring (bicyclic) bond motifs is 1. The molecule has 2 nitrogen and oxygen atoms in total. The van der Waals surface area contributed by atoms with Crippen LogP contribution in [0.2, 0.25) is 0 Å². The molecule has 0 bridgehead atoms. The first-order chi connectivity index (χ1) is 11.9. The lowest BCUT2D eigenvalue weighted by molar-refractivity contribution is 0.291. The monoisotopic (exact) mass is 317 g/mol. The highest BCUT2D eigenvalue weighted by Crippen LogP contribution is 2.24. The zero-order chi connectivity index (χ0) is 16.6. The third kappa shape index (κ3) is 4.23. The lowest BCUT2D eigenvalue weighted by Crippen LogP contribution is -2.06. The topological polar surface area (TPSA) is 22.1 Å². The molecule has 0 N–H and O–H groups in total. The minimum atomic E-state index is 0.471. The van der Waals surface area contributed by atoms with Gasteiger partial charge in [0, 0.05) is 11.6 Å². The Morgan fingerprint density at radius 3 is 2.58 bits per heavy atom. The maximum Gasteiger partial charge on any atom is 0.130 e. The summed E-state index contributed by atoms with van der Waals surface area (Å²) >= 11 is 0. The van der Waals surface area contributed by atoms with Gasteiger partial charge in [-0.2, -0.15) is 0 Å². The Balaban J connectivity index is 1.53. The molecule has 0 saturated carbocycles. The zero-order valence-corrected chi connectivity index (χ0v) is 13.9. The molecule has 0 radical (unpaired) electrons. The molecule has 2 heteroatoms. The number of ether oxygens (including phenoxy) is 1. The third-order valence-electron chi connectivity index (χ3n) is 4.34. The summed E-state index contributed by atoms with van der Waals surface area (Å²) in [6.07, 6.45) is 7.02. The van der Waals surface area contributed by atoms with Gasteiger partial charge in [-0.1, -0.05) is 48.5 Å². The second-order valence-corrected chi connectivity index (χ2v) is 5.98. The van der Waals surface area contributed by atoms with Gasteiger partial charge in [0.15, 0.2) is 0 Å². The van der Waals surface area contributed by atoms with Gasteiger partial charge in [-0.05, 0) is 48.9 Å². The van der Waals surface area contributed by atoms with Crippen LogP contribution in [0, 0.1) is 5.92 Å². The maximum atomic E-state index is 6.02. The Labute approximate surface area is 143 Å². The predicted octanol–water partition coefficient (Wildman–Crippen LogP) is 5.44. The van der Waals surface area contributed by atoms with Crippen LogP contribution in [0.1, 0.15) is 18.4 Å². The molecule has 2 aromatic carbocycles. The molecule has 24 heavy (non-hydrogen) atoms. The minimum absolute atomic E-state index is 0.471. The van der Waals surface area contributed by atoms with Crippen LogP contribution in [0.5, 0.6) is 5.75 Å². The van der Waals surface area contributed by atoms with Crippen molar-refractivity contribution in [2.24, 2.45) is 5.92 Å². The normalized spacial score (nSPS) is 12.0. The van der Waals surface area contributed by atoms with Crippen molar-refractivity contribution in [3.8, 4) is 5.75 Å². The molecule has 1 unspecified atom stereocenters. The molecule has 0 fully saturated rings. The molecule has 3 aromatic rings. The van der Waals surface area contributed by atoms with Crippen molar-refractivity contribution in [3.05, 3.63) is 85.1 Å². The Kier molecular flexibility index (Phi) is 5.62. The smallest absolute Gasteiger partial charge is 0.130 e. The van der Waals surface area contributed by atoms with Crippen LogP contribution < -0.4 is 4.74 Å². The van der Waals surface area contributed by atoms with E-state index in [9.17, 15) is 0 Å². The first kappa shape index (κ1) is 16.3. The third-order valence-corrected chi connectivity index (χ3v) is 4.34. The van der Waals surface area contributed by atoms with Crippen LogP contribution >= 0.6 is 0 Å². The second-order valence-electron chi connectivity index (χ2n) is 5.98. The number of benzene rings is 2. The average Bonchev–Trinajstić information content (AvgIpc) is 2.65. The number of pyridine rings is 1. The van der Waals surface area contributed by atoms with Crippen molar-refractivity contribution in [2.45, 2.75) is 19.3 Å². The fraction of sp³-hybridized carbons (Fsp3) is 0.227. The summed E-state index contributed by atoms with van der Waals surface area (Å²) in [4.78, 5) is 4.37. The van der Waals surface area contributed by atoms with Crippen molar-refractivity contribution in [3.63, 3.8) is 0 Å². The Hall–Kier alpha value is -2.61. The Bertz CT molecular complexity index is 777. The van der Waals surface area contributed by atoms with Crippen LogP contribution in [0.15, 0.2) is 79.5 Å². The van der Waals surface area contributed by atoms with E-state index in [0.29, 0.717) is 12.5 Å². The summed E-state index contributed by atoms with van der Waals surface area (Å²) in [5, 5.41) is 1.07. The highest BCUT2D eigenvalue weighted by atomic mass is 16.5. The van der Waals surface area contributed by atoms with Gasteiger partial charge >= 0.3 is 0 Å². The molecule has 1 aromatic heterocycles. The molecule has 122 valence electrons. The summed E-state index contributed by atoms with van der Waals surface area (Å²) in [6, 6.07) is 20.6. The fourth-order valence-electron chi connectivity index (χ4n) is 2.89. The maximum absolute atomic E-state index is 6.02. The summed E-state index contributed by atoms with van der Waals surface area (Å²) in [5.41, 5.74) is 2.35. The van der Waals surface area contributed by atoms with Gasteiger partial charge in [0.25, 0.3) is 0 Å². The number of hydrogen-bond acceptors (Lipinski definition) is 2. The Morgan fingerprint density at radius 2 is 1.75 bits per heavy atom. The van der Waals surface area contributed by atoms with E-state index in [-0.39, 0.29) is 0 Å². The SMILES string of the molecule is C=CC(CCOc1ccnc2ccccc12)CCc1ccccc1. The zero-order valence-electron chi connectivity index (χ0n) is 13.9. The number of rotatable bonds is 8. The molecule has 0 saturated heterocycles. The average molecular weight is 317 g/mol. The van der Waals surface area contributed by atoms with Gasteiger partial charge < -0.3 is 4.74 Å². The van der Waals surface area contributed by atoms with E-state index >= 15 is 0 Å². The summed E-state index contributed by atoms with van der Waals surface area (Å²) in [7, 11) is 0. The van der Waals surface area contributed by atoms with Crippen LogP contribution in [0.25, 0.3) is 10.9 Å². The van der Waals surface area contributed by atoms with Gasteiger partial charge in [-0.3, -0.25) is 4.98 Å². The van der Waals surface area contributed by atoms with E-state index in [4.69, 9.17) is 4.74 Å². The fourth-order valence-corrected chi connectivity index (χ4v) is 2.89. The van der Waals surface area contributed by atoms with Gasteiger partial charge in [-0.25, -0.2) is 0 Å². The summed E-state index contributed by atoms with van der Waals surface area (Å²) < 4.78 is 6.02. The molecule has 1 heterocycles. The van der Waals surface area contributed by atoms with Crippen molar-refractivity contribution >= 4 is 10.9 Å². The van der Waals surface area contributed by atoms with Gasteiger partial charge in [0.2, 0.25) is 0 Å². The highest BCUT2D eigenvalue weighted by molar-refractivity contribution is 5.84. The second kappa shape index (κ2) is 8.30. The first-order valence-electron chi connectivity index (χ1n) is 8.50. The highest BCUT2D eigenvalue weighted by Gasteiger charge is 2.07. The standard InChI is InChI=1S/C22H23NO/c1-2-18(12-13-19-8-4-3-5-9-19)15-17-24-22-14-16-23-21-11-7-6-10-20(21)22/h2-11,14,16,18H,1,12-13,15,17H2. The van der Waals surface area contributed by atoms with Gasteiger partial charge in [0.05, 0.1) is 12.1 Å². The van der Waals surface area contributed by atoms with Crippen molar-refractivity contribution in [1.29, 1.82) is 0 Å². The van der Waals surface area contributed by atoms with Gasteiger partial charge in [-0.15, -0.1) is 6.58 Å².